The van der Waals surface area contributed by atoms with Gasteiger partial charge in [-0.15, -0.1) is 11.8 Å². The number of hydrogen-bond donors (Lipinski definition) is 1. The summed E-state index contributed by atoms with van der Waals surface area (Å²) < 4.78 is 1.04. The number of nitrogens with zero attached hydrogens (tertiary/aromatic N) is 1. The molecule has 104 valence electrons. The van der Waals surface area contributed by atoms with E-state index in [2.05, 4.69) is 26.2 Å². The fraction of sp³-hybridized carbons (Fsp3) is 0.200. The predicted octanol–water partition coefficient (Wildman–Crippen LogP) is 3.81. The van der Waals surface area contributed by atoms with Crippen molar-refractivity contribution in [1.82, 2.24) is 10.3 Å². The molecule has 1 heterocycles. The molecule has 1 unspecified atom stereocenters. The number of thioether (sulfide) groups is 1. The van der Waals surface area contributed by atoms with Crippen molar-refractivity contribution < 1.29 is 4.79 Å². The van der Waals surface area contributed by atoms with Gasteiger partial charge in [-0.1, -0.05) is 15.9 Å². The Balaban J connectivity index is 1.82. The van der Waals surface area contributed by atoms with Crippen LogP contribution >= 0.6 is 27.7 Å². The quantitative estimate of drug-likeness (QED) is 0.833. The topological polar surface area (TPSA) is 42.0 Å². The maximum absolute atomic E-state index is 11.9. The number of hydrogen-bond acceptors (Lipinski definition) is 3. The molecular formula is C15H15BrN2OS. The van der Waals surface area contributed by atoms with Gasteiger partial charge in [-0.3, -0.25) is 9.78 Å². The maximum atomic E-state index is 11.9. The Morgan fingerprint density at radius 2 is 1.90 bits per heavy atom. The van der Waals surface area contributed by atoms with Crippen LogP contribution in [0, 0.1) is 0 Å². The molecule has 0 spiro atoms. The zero-order valence-electron chi connectivity index (χ0n) is 11.0. The van der Waals surface area contributed by atoms with Crippen LogP contribution in [0.4, 0.5) is 0 Å². The summed E-state index contributed by atoms with van der Waals surface area (Å²) in [5.74, 6) is 0.444. The SMILES string of the molecule is CC(NC(=O)CSc1ccc(Br)cc1)c1ccncc1. The van der Waals surface area contributed by atoms with Crippen LogP contribution in [0.5, 0.6) is 0 Å². The van der Waals surface area contributed by atoms with Crippen LogP contribution in [0.15, 0.2) is 58.2 Å². The van der Waals surface area contributed by atoms with E-state index in [1.165, 1.54) is 11.8 Å². The molecule has 1 atom stereocenters. The Hall–Kier alpha value is -1.33. The van der Waals surface area contributed by atoms with Crippen molar-refractivity contribution in [3.05, 3.63) is 58.8 Å². The van der Waals surface area contributed by atoms with Crippen LogP contribution in [0.1, 0.15) is 18.5 Å². The number of pyridine rings is 1. The fourth-order valence-electron chi connectivity index (χ4n) is 1.70. The molecule has 0 saturated carbocycles. The first-order chi connectivity index (χ1) is 9.65. The van der Waals surface area contributed by atoms with E-state index in [1.807, 2.05) is 43.3 Å². The highest BCUT2D eigenvalue weighted by atomic mass is 79.9. The van der Waals surface area contributed by atoms with Gasteiger partial charge in [0.25, 0.3) is 0 Å². The summed E-state index contributed by atoms with van der Waals surface area (Å²) in [4.78, 5) is 17.0. The molecule has 0 saturated heterocycles. The predicted molar refractivity (Wildman–Crippen MR) is 85.7 cm³/mol. The Morgan fingerprint density at radius 3 is 2.55 bits per heavy atom. The third kappa shape index (κ3) is 4.65. The Labute approximate surface area is 131 Å². The molecule has 20 heavy (non-hydrogen) atoms. The highest BCUT2D eigenvalue weighted by Crippen LogP contribution is 2.20. The molecule has 1 N–H and O–H groups in total. The highest BCUT2D eigenvalue weighted by molar-refractivity contribution is 9.10. The lowest BCUT2D eigenvalue weighted by molar-refractivity contribution is -0.119. The zero-order valence-corrected chi connectivity index (χ0v) is 13.4. The van der Waals surface area contributed by atoms with Crippen molar-refractivity contribution in [3.63, 3.8) is 0 Å². The van der Waals surface area contributed by atoms with Crippen molar-refractivity contribution in [3.8, 4) is 0 Å². The number of rotatable bonds is 5. The lowest BCUT2D eigenvalue weighted by atomic mass is 10.1. The molecule has 1 aromatic heterocycles. The molecule has 1 amide bonds. The molecule has 0 radical (unpaired) electrons. The van der Waals surface area contributed by atoms with E-state index < -0.39 is 0 Å². The van der Waals surface area contributed by atoms with Gasteiger partial charge in [0.05, 0.1) is 11.8 Å². The molecule has 0 fully saturated rings. The molecular weight excluding hydrogens is 336 g/mol. The highest BCUT2D eigenvalue weighted by Gasteiger charge is 2.09. The van der Waals surface area contributed by atoms with E-state index in [9.17, 15) is 4.79 Å². The van der Waals surface area contributed by atoms with E-state index in [0.29, 0.717) is 5.75 Å². The van der Waals surface area contributed by atoms with Crippen LogP contribution in [0.3, 0.4) is 0 Å². The van der Waals surface area contributed by atoms with E-state index in [-0.39, 0.29) is 11.9 Å². The first kappa shape index (κ1) is 15.1. The smallest absolute Gasteiger partial charge is 0.230 e. The number of aromatic nitrogens is 1. The maximum Gasteiger partial charge on any atom is 0.230 e. The molecule has 3 nitrogen and oxygen atoms in total. The average molecular weight is 351 g/mol. The Kier molecular flexibility index (Phi) is 5.61. The van der Waals surface area contributed by atoms with Crippen LogP contribution < -0.4 is 5.32 Å². The summed E-state index contributed by atoms with van der Waals surface area (Å²) in [6, 6.07) is 11.7. The normalized spacial score (nSPS) is 11.9. The van der Waals surface area contributed by atoms with Gasteiger partial charge < -0.3 is 5.32 Å². The van der Waals surface area contributed by atoms with Crippen LogP contribution in [0.2, 0.25) is 0 Å². The second-order valence-electron chi connectivity index (χ2n) is 4.31. The number of benzene rings is 1. The van der Waals surface area contributed by atoms with Crippen molar-refractivity contribution in [2.75, 3.05) is 5.75 Å². The summed E-state index contributed by atoms with van der Waals surface area (Å²) in [6.45, 7) is 1.97. The van der Waals surface area contributed by atoms with Crippen LogP contribution in [-0.2, 0) is 4.79 Å². The van der Waals surface area contributed by atoms with Gasteiger partial charge in [-0.2, -0.15) is 0 Å². The minimum atomic E-state index is -0.00369. The second-order valence-corrected chi connectivity index (χ2v) is 6.28. The van der Waals surface area contributed by atoms with Gasteiger partial charge in [0.2, 0.25) is 5.91 Å². The molecule has 0 aliphatic heterocycles. The van der Waals surface area contributed by atoms with E-state index in [0.717, 1.165) is 14.9 Å². The average Bonchev–Trinajstić information content (AvgIpc) is 2.47. The molecule has 1 aromatic carbocycles. The zero-order chi connectivity index (χ0) is 14.4. The molecule has 2 rings (SSSR count). The van der Waals surface area contributed by atoms with E-state index >= 15 is 0 Å². The number of carbonyl (C=O) groups is 1. The molecule has 2 aromatic rings. The summed E-state index contributed by atoms with van der Waals surface area (Å²) in [7, 11) is 0. The van der Waals surface area contributed by atoms with Crippen LogP contribution in [-0.4, -0.2) is 16.6 Å². The van der Waals surface area contributed by atoms with Gasteiger partial charge in [0, 0.05) is 21.8 Å². The van der Waals surface area contributed by atoms with Crippen molar-refractivity contribution in [2.24, 2.45) is 0 Å². The van der Waals surface area contributed by atoms with E-state index in [4.69, 9.17) is 0 Å². The number of amides is 1. The first-order valence-electron chi connectivity index (χ1n) is 6.23. The monoisotopic (exact) mass is 350 g/mol. The number of carbonyl (C=O) groups excluding carboxylic acids is 1. The van der Waals surface area contributed by atoms with Crippen molar-refractivity contribution in [1.29, 1.82) is 0 Å². The standard InChI is InChI=1S/C15H15BrN2OS/c1-11(12-6-8-17-9-7-12)18-15(19)10-20-14-4-2-13(16)3-5-14/h2-9,11H,10H2,1H3,(H,18,19). The largest absolute Gasteiger partial charge is 0.349 e. The van der Waals surface area contributed by atoms with Crippen molar-refractivity contribution >= 4 is 33.6 Å². The van der Waals surface area contributed by atoms with Gasteiger partial charge >= 0.3 is 0 Å². The van der Waals surface area contributed by atoms with Gasteiger partial charge in [-0.05, 0) is 48.9 Å². The Morgan fingerprint density at radius 1 is 1.25 bits per heavy atom. The molecule has 5 heteroatoms. The van der Waals surface area contributed by atoms with Crippen LogP contribution in [0.25, 0.3) is 0 Å². The van der Waals surface area contributed by atoms with E-state index in [1.54, 1.807) is 12.4 Å². The van der Waals surface area contributed by atoms with Gasteiger partial charge in [0.15, 0.2) is 0 Å². The van der Waals surface area contributed by atoms with Gasteiger partial charge in [-0.25, -0.2) is 0 Å². The van der Waals surface area contributed by atoms with Crippen molar-refractivity contribution in [2.45, 2.75) is 17.9 Å². The summed E-state index contributed by atoms with van der Waals surface area (Å²) in [5, 5.41) is 2.98. The third-order valence-corrected chi connectivity index (χ3v) is 4.31. The fourth-order valence-corrected chi connectivity index (χ4v) is 2.67. The number of nitrogens with one attached hydrogen (secondary N) is 1. The summed E-state index contributed by atoms with van der Waals surface area (Å²) >= 11 is 4.92. The first-order valence-corrected chi connectivity index (χ1v) is 8.00. The third-order valence-electron chi connectivity index (χ3n) is 2.77. The molecule has 0 bridgehead atoms. The lowest BCUT2D eigenvalue weighted by Crippen LogP contribution is -2.28. The minimum absolute atomic E-state index is 0.00369. The molecule has 0 aliphatic rings. The van der Waals surface area contributed by atoms with Gasteiger partial charge in [0.1, 0.15) is 0 Å². The lowest BCUT2D eigenvalue weighted by Gasteiger charge is -2.13. The number of halogens is 1. The second kappa shape index (κ2) is 7.45. The molecule has 0 aliphatic carbocycles. The Bertz CT molecular complexity index is 560. The minimum Gasteiger partial charge on any atom is -0.349 e. The summed E-state index contributed by atoms with van der Waals surface area (Å²) in [6.07, 6.45) is 3.46. The summed E-state index contributed by atoms with van der Waals surface area (Å²) in [5.41, 5.74) is 1.06.